The molecule has 0 spiro atoms. The number of carbonyl (C=O) groups is 1. The van der Waals surface area contributed by atoms with Crippen LogP contribution >= 0.6 is 23.2 Å². The Morgan fingerprint density at radius 3 is 2.12 bits per heavy atom. The zero-order valence-electron chi connectivity index (χ0n) is 10.1. The van der Waals surface area contributed by atoms with E-state index >= 15 is 0 Å². The number of rotatable bonds is 2. The van der Waals surface area contributed by atoms with Crippen molar-refractivity contribution in [3.05, 3.63) is 28.2 Å². The van der Waals surface area contributed by atoms with Crippen LogP contribution in [0.25, 0.3) is 0 Å². The summed E-state index contributed by atoms with van der Waals surface area (Å²) in [6.07, 6.45) is 0. The molecule has 1 aromatic rings. The molecule has 0 aliphatic carbocycles. The average Bonchev–Trinajstić information content (AvgIpc) is 2.13. The molecule has 3 N–H and O–H groups in total. The van der Waals surface area contributed by atoms with Gasteiger partial charge in [-0.15, -0.1) is 0 Å². The second kappa shape index (κ2) is 5.25. The van der Waals surface area contributed by atoms with E-state index in [2.05, 4.69) is 5.32 Å². The van der Waals surface area contributed by atoms with Gasteiger partial charge in [0.2, 0.25) is 5.91 Å². The fraction of sp³-hybridized carbons (Fsp3) is 0.417. The van der Waals surface area contributed by atoms with Gasteiger partial charge in [-0.3, -0.25) is 4.79 Å². The number of halogens is 2. The van der Waals surface area contributed by atoms with E-state index < -0.39 is 6.04 Å². The number of carbonyl (C=O) groups excluding carboxylic acids is 1. The summed E-state index contributed by atoms with van der Waals surface area (Å²) in [6.45, 7) is 5.71. The van der Waals surface area contributed by atoms with Crippen molar-refractivity contribution in [2.45, 2.75) is 26.8 Å². The lowest BCUT2D eigenvalue weighted by Gasteiger charge is -2.25. The van der Waals surface area contributed by atoms with Crippen LogP contribution in [0.15, 0.2) is 18.2 Å². The Bertz CT molecular complexity index is 407. The van der Waals surface area contributed by atoms with Crippen LogP contribution in [-0.2, 0) is 4.79 Å². The number of hydrogen-bond acceptors (Lipinski definition) is 2. The first-order valence-electron chi connectivity index (χ1n) is 5.22. The largest absolute Gasteiger partial charge is 0.325 e. The van der Waals surface area contributed by atoms with Gasteiger partial charge in [0, 0.05) is 15.7 Å². The standard InChI is InChI=1S/C12H16Cl2N2O/c1-12(2,3)10(15)11(17)16-9-5-7(13)4-8(14)6-9/h4-6,10H,15H2,1-3H3,(H,16,17). The van der Waals surface area contributed by atoms with Crippen LogP contribution in [0, 0.1) is 5.41 Å². The third-order valence-electron chi connectivity index (χ3n) is 2.35. The summed E-state index contributed by atoms with van der Waals surface area (Å²) in [5.41, 5.74) is 6.09. The topological polar surface area (TPSA) is 55.1 Å². The molecule has 1 unspecified atom stereocenters. The first-order valence-corrected chi connectivity index (χ1v) is 5.98. The van der Waals surface area contributed by atoms with Crippen LogP contribution in [0.2, 0.25) is 10.0 Å². The molecule has 0 fully saturated rings. The predicted molar refractivity (Wildman–Crippen MR) is 72.5 cm³/mol. The molecule has 17 heavy (non-hydrogen) atoms. The first-order chi connectivity index (χ1) is 7.70. The van der Waals surface area contributed by atoms with E-state index in [1.54, 1.807) is 18.2 Å². The van der Waals surface area contributed by atoms with E-state index in [1.165, 1.54) is 0 Å². The molecule has 1 rings (SSSR count). The molecule has 94 valence electrons. The minimum atomic E-state index is -0.597. The summed E-state index contributed by atoms with van der Waals surface area (Å²) in [5, 5.41) is 3.64. The molecule has 1 aromatic carbocycles. The summed E-state index contributed by atoms with van der Waals surface area (Å²) in [5.74, 6) is -0.254. The predicted octanol–water partition coefficient (Wildman–Crippen LogP) is 3.31. The van der Waals surface area contributed by atoms with Gasteiger partial charge in [-0.1, -0.05) is 44.0 Å². The van der Waals surface area contributed by atoms with Crippen LogP contribution in [0.3, 0.4) is 0 Å². The molecule has 0 saturated heterocycles. The highest BCUT2D eigenvalue weighted by Crippen LogP contribution is 2.24. The number of anilines is 1. The molecule has 0 bridgehead atoms. The average molecular weight is 275 g/mol. The third-order valence-corrected chi connectivity index (χ3v) is 2.78. The summed E-state index contributed by atoms with van der Waals surface area (Å²) in [4.78, 5) is 11.9. The van der Waals surface area contributed by atoms with Crippen LogP contribution in [0.4, 0.5) is 5.69 Å². The monoisotopic (exact) mass is 274 g/mol. The Hall–Kier alpha value is -0.770. The molecule has 0 aliphatic heterocycles. The van der Waals surface area contributed by atoms with Gasteiger partial charge in [0.15, 0.2) is 0 Å². The van der Waals surface area contributed by atoms with Crippen LogP contribution in [0.5, 0.6) is 0 Å². The number of nitrogens with one attached hydrogen (secondary N) is 1. The lowest BCUT2D eigenvalue weighted by atomic mass is 9.87. The maximum Gasteiger partial charge on any atom is 0.241 e. The van der Waals surface area contributed by atoms with Crippen molar-refractivity contribution >= 4 is 34.8 Å². The van der Waals surface area contributed by atoms with Gasteiger partial charge in [0.05, 0.1) is 6.04 Å². The summed E-state index contributed by atoms with van der Waals surface area (Å²) < 4.78 is 0. The number of nitrogens with two attached hydrogens (primary N) is 1. The van der Waals surface area contributed by atoms with Crippen molar-refractivity contribution in [1.29, 1.82) is 0 Å². The molecular formula is C12H16Cl2N2O. The Balaban J connectivity index is 2.81. The quantitative estimate of drug-likeness (QED) is 0.870. The van der Waals surface area contributed by atoms with Gasteiger partial charge in [-0.25, -0.2) is 0 Å². The first kappa shape index (κ1) is 14.3. The summed E-state index contributed by atoms with van der Waals surface area (Å²) >= 11 is 11.7. The molecule has 5 heteroatoms. The van der Waals surface area contributed by atoms with Gasteiger partial charge in [0.1, 0.15) is 0 Å². The number of hydrogen-bond donors (Lipinski definition) is 2. The Kier molecular flexibility index (Phi) is 4.42. The maximum absolute atomic E-state index is 11.9. The molecular weight excluding hydrogens is 259 g/mol. The van der Waals surface area contributed by atoms with Crippen molar-refractivity contribution in [3.63, 3.8) is 0 Å². The van der Waals surface area contributed by atoms with E-state index in [0.717, 1.165) is 0 Å². The highest BCUT2D eigenvalue weighted by molar-refractivity contribution is 6.35. The number of amides is 1. The van der Waals surface area contributed by atoms with Crippen molar-refractivity contribution in [2.24, 2.45) is 11.1 Å². The van der Waals surface area contributed by atoms with Gasteiger partial charge in [-0.2, -0.15) is 0 Å². The molecule has 1 amide bonds. The molecule has 3 nitrogen and oxygen atoms in total. The third kappa shape index (κ3) is 4.19. The minimum Gasteiger partial charge on any atom is -0.325 e. The lowest BCUT2D eigenvalue weighted by Crippen LogP contribution is -2.45. The Morgan fingerprint density at radius 1 is 1.24 bits per heavy atom. The van der Waals surface area contributed by atoms with E-state index in [0.29, 0.717) is 15.7 Å². The van der Waals surface area contributed by atoms with E-state index in [-0.39, 0.29) is 11.3 Å². The van der Waals surface area contributed by atoms with Crippen molar-refractivity contribution in [3.8, 4) is 0 Å². The van der Waals surface area contributed by atoms with Gasteiger partial charge in [0.25, 0.3) is 0 Å². The van der Waals surface area contributed by atoms with E-state index in [9.17, 15) is 4.79 Å². The van der Waals surface area contributed by atoms with Crippen LogP contribution in [0.1, 0.15) is 20.8 Å². The van der Waals surface area contributed by atoms with Crippen molar-refractivity contribution < 1.29 is 4.79 Å². The van der Waals surface area contributed by atoms with Crippen molar-refractivity contribution in [2.75, 3.05) is 5.32 Å². The zero-order valence-corrected chi connectivity index (χ0v) is 11.6. The molecule has 1 atom stereocenters. The summed E-state index contributed by atoms with van der Waals surface area (Å²) in [7, 11) is 0. The van der Waals surface area contributed by atoms with Gasteiger partial charge >= 0.3 is 0 Å². The molecule has 0 aromatic heterocycles. The molecule has 0 saturated carbocycles. The Labute approximate surface area is 111 Å². The number of benzene rings is 1. The van der Waals surface area contributed by atoms with E-state index in [4.69, 9.17) is 28.9 Å². The summed E-state index contributed by atoms with van der Waals surface area (Å²) in [6, 6.07) is 4.25. The maximum atomic E-state index is 11.9. The second-order valence-electron chi connectivity index (χ2n) is 4.99. The smallest absolute Gasteiger partial charge is 0.241 e. The molecule has 0 aliphatic rings. The SMILES string of the molecule is CC(C)(C)C(N)C(=O)Nc1cc(Cl)cc(Cl)c1. The molecule has 0 heterocycles. The van der Waals surface area contributed by atoms with E-state index in [1.807, 2.05) is 20.8 Å². The Morgan fingerprint density at radius 2 is 1.71 bits per heavy atom. The minimum absolute atomic E-state index is 0.254. The fourth-order valence-electron chi connectivity index (χ4n) is 1.24. The van der Waals surface area contributed by atoms with Crippen molar-refractivity contribution in [1.82, 2.24) is 0 Å². The zero-order chi connectivity index (χ0) is 13.2. The fourth-order valence-corrected chi connectivity index (χ4v) is 1.77. The van der Waals surface area contributed by atoms with Crippen LogP contribution < -0.4 is 11.1 Å². The normalized spacial score (nSPS) is 13.3. The van der Waals surface area contributed by atoms with Gasteiger partial charge < -0.3 is 11.1 Å². The second-order valence-corrected chi connectivity index (χ2v) is 5.86. The lowest BCUT2D eigenvalue weighted by molar-refractivity contribution is -0.119. The molecule has 0 radical (unpaired) electrons. The highest BCUT2D eigenvalue weighted by Gasteiger charge is 2.27. The van der Waals surface area contributed by atoms with Crippen LogP contribution in [-0.4, -0.2) is 11.9 Å². The highest BCUT2D eigenvalue weighted by atomic mass is 35.5. The van der Waals surface area contributed by atoms with Gasteiger partial charge in [-0.05, 0) is 23.6 Å².